The molecule has 5 nitrogen and oxygen atoms in total. The summed E-state index contributed by atoms with van der Waals surface area (Å²) in [5.74, 6) is -4.79. The zero-order chi connectivity index (χ0) is 25.3. The van der Waals surface area contributed by atoms with Crippen molar-refractivity contribution in [2.45, 2.75) is 25.2 Å². The summed E-state index contributed by atoms with van der Waals surface area (Å²) < 4.78 is 86.2. The van der Waals surface area contributed by atoms with E-state index in [-0.39, 0.29) is 11.3 Å². The first-order valence-corrected chi connectivity index (χ1v) is 10.3. The van der Waals surface area contributed by atoms with Gasteiger partial charge in [-0.2, -0.15) is 18.3 Å². The lowest BCUT2D eigenvalue weighted by Gasteiger charge is -2.27. The zero-order valence-electron chi connectivity index (χ0n) is 18.0. The highest BCUT2D eigenvalue weighted by molar-refractivity contribution is 5.82. The summed E-state index contributed by atoms with van der Waals surface area (Å²) in [5, 5.41) is 6.64. The van der Waals surface area contributed by atoms with Gasteiger partial charge in [0.15, 0.2) is 11.6 Å². The van der Waals surface area contributed by atoms with Crippen LogP contribution in [0, 0.1) is 17.5 Å². The summed E-state index contributed by atoms with van der Waals surface area (Å²) in [6.07, 6.45) is -4.92. The minimum absolute atomic E-state index is 0.0148. The third-order valence-electron chi connectivity index (χ3n) is 5.22. The SMILES string of the molecule is C[C@H](NC(=O)C(F)(F)F)[C@H](Oc1ccc2c(cnn2-c2ccc(F)cc2)c1)c1ccc(F)c(F)c1. The lowest BCUT2D eigenvalue weighted by Crippen LogP contribution is -2.45. The Bertz CT molecular complexity index is 1370. The molecule has 2 atom stereocenters. The standard InChI is InChI=1S/C24H17F6N3O2/c1-13(32-23(34)24(28,29)30)22(14-2-8-19(26)20(27)11-14)35-18-7-9-21-15(10-18)12-31-33(21)17-5-3-16(25)4-6-17/h2-13,22H,1H3,(H,32,34)/t13-,22-/m0/s1. The van der Waals surface area contributed by atoms with E-state index in [9.17, 15) is 31.1 Å². The van der Waals surface area contributed by atoms with Crippen LogP contribution in [0.15, 0.2) is 66.9 Å². The lowest BCUT2D eigenvalue weighted by molar-refractivity contribution is -0.174. The van der Waals surface area contributed by atoms with Crippen molar-refractivity contribution in [2.24, 2.45) is 0 Å². The third-order valence-corrected chi connectivity index (χ3v) is 5.22. The predicted octanol–water partition coefficient (Wildman–Crippen LogP) is 5.63. The number of rotatable bonds is 6. The average Bonchev–Trinajstić information content (AvgIpc) is 3.22. The van der Waals surface area contributed by atoms with Crippen LogP contribution in [0.3, 0.4) is 0 Å². The summed E-state index contributed by atoms with van der Waals surface area (Å²) in [7, 11) is 0. The Balaban J connectivity index is 1.66. The lowest BCUT2D eigenvalue weighted by atomic mass is 10.0. The van der Waals surface area contributed by atoms with Gasteiger partial charge in [-0.15, -0.1) is 0 Å². The van der Waals surface area contributed by atoms with E-state index in [1.165, 1.54) is 43.5 Å². The molecule has 0 spiro atoms. The Labute approximate surface area is 194 Å². The van der Waals surface area contributed by atoms with Gasteiger partial charge < -0.3 is 10.1 Å². The topological polar surface area (TPSA) is 56.1 Å². The quantitative estimate of drug-likeness (QED) is 0.355. The molecule has 182 valence electrons. The molecule has 0 aliphatic rings. The van der Waals surface area contributed by atoms with Crippen molar-refractivity contribution in [1.82, 2.24) is 15.1 Å². The van der Waals surface area contributed by atoms with Gasteiger partial charge in [-0.05, 0) is 67.1 Å². The van der Waals surface area contributed by atoms with Crippen molar-refractivity contribution in [3.63, 3.8) is 0 Å². The maximum absolute atomic E-state index is 13.9. The number of ether oxygens (including phenoxy) is 1. The van der Waals surface area contributed by atoms with Gasteiger partial charge in [-0.1, -0.05) is 6.07 Å². The van der Waals surface area contributed by atoms with Crippen LogP contribution in [-0.2, 0) is 4.79 Å². The van der Waals surface area contributed by atoms with E-state index in [1.807, 2.05) is 0 Å². The molecule has 35 heavy (non-hydrogen) atoms. The minimum Gasteiger partial charge on any atom is -0.484 e. The number of halogens is 6. The van der Waals surface area contributed by atoms with Gasteiger partial charge in [0.25, 0.3) is 0 Å². The van der Waals surface area contributed by atoms with E-state index in [0.717, 1.165) is 18.2 Å². The monoisotopic (exact) mass is 493 g/mol. The largest absolute Gasteiger partial charge is 0.484 e. The molecule has 4 rings (SSSR count). The number of hydrogen-bond acceptors (Lipinski definition) is 3. The minimum atomic E-state index is -5.14. The molecule has 3 aromatic carbocycles. The molecule has 1 amide bonds. The first-order chi connectivity index (χ1) is 16.5. The molecule has 0 saturated carbocycles. The van der Waals surface area contributed by atoms with Crippen LogP contribution in [0.5, 0.6) is 5.75 Å². The molecule has 0 fully saturated rings. The zero-order valence-corrected chi connectivity index (χ0v) is 18.0. The summed E-state index contributed by atoms with van der Waals surface area (Å²) in [4.78, 5) is 11.5. The molecule has 1 N–H and O–H groups in total. The predicted molar refractivity (Wildman–Crippen MR) is 114 cm³/mol. The summed E-state index contributed by atoms with van der Waals surface area (Å²) in [5.41, 5.74) is 1.24. The number of amides is 1. The number of benzene rings is 3. The Morgan fingerprint density at radius 1 is 0.971 bits per heavy atom. The van der Waals surface area contributed by atoms with Crippen LogP contribution in [0.2, 0.25) is 0 Å². The Morgan fingerprint density at radius 3 is 2.34 bits per heavy atom. The Kier molecular flexibility index (Phi) is 6.42. The van der Waals surface area contributed by atoms with Gasteiger partial charge in [0.05, 0.1) is 23.4 Å². The fourth-order valence-corrected chi connectivity index (χ4v) is 3.53. The van der Waals surface area contributed by atoms with Crippen molar-refractivity contribution >= 4 is 16.8 Å². The van der Waals surface area contributed by atoms with Crippen molar-refractivity contribution in [2.75, 3.05) is 0 Å². The van der Waals surface area contributed by atoms with E-state index in [0.29, 0.717) is 16.6 Å². The Morgan fingerprint density at radius 2 is 1.69 bits per heavy atom. The molecule has 11 heteroatoms. The first kappa shape index (κ1) is 24.1. The number of carbonyl (C=O) groups excluding carboxylic acids is 1. The maximum Gasteiger partial charge on any atom is 0.471 e. The van der Waals surface area contributed by atoms with E-state index >= 15 is 0 Å². The number of nitrogens with one attached hydrogen (secondary N) is 1. The van der Waals surface area contributed by atoms with Crippen molar-refractivity contribution in [3.05, 3.63) is 89.9 Å². The number of carbonyl (C=O) groups is 1. The second kappa shape index (κ2) is 9.32. The summed E-state index contributed by atoms with van der Waals surface area (Å²) in [6.45, 7) is 1.25. The molecule has 1 aromatic heterocycles. The molecule has 0 bridgehead atoms. The van der Waals surface area contributed by atoms with Gasteiger partial charge in [0.2, 0.25) is 0 Å². The van der Waals surface area contributed by atoms with Crippen LogP contribution in [0.4, 0.5) is 26.3 Å². The molecule has 4 aromatic rings. The van der Waals surface area contributed by atoms with Gasteiger partial charge in [0, 0.05) is 5.39 Å². The Hall–Kier alpha value is -4.02. The highest BCUT2D eigenvalue weighted by atomic mass is 19.4. The molecular formula is C24H17F6N3O2. The molecule has 0 aliphatic heterocycles. The summed E-state index contributed by atoms with van der Waals surface area (Å²) in [6, 6.07) is 11.8. The molecule has 0 aliphatic carbocycles. The number of alkyl halides is 3. The normalized spacial score (nSPS) is 13.5. The van der Waals surface area contributed by atoms with Crippen LogP contribution in [0.1, 0.15) is 18.6 Å². The average molecular weight is 493 g/mol. The van der Waals surface area contributed by atoms with Gasteiger partial charge in [-0.3, -0.25) is 4.79 Å². The van der Waals surface area contributed by atoms with Crippen LogP contribution in [-0.4, -0.2) is 27.9 Å². The van der Waals surface area contributed by atoms with E-state index in [4.69, 9.17) is 4.74 Å². The molecule has 1 heterocycles. The van der Waals surface area contributed by atoms with Crippen molar-refractivity contribution in [1.29, 1.82) is 0 Å². The van der Waals surface area contributed by atoms with E-state index in [2.05, 4.69) is 5.10 Å². The number of fused-ring (bicyclic) bond motifs is 1. The van der Waals surface area contributed by atoms with Crippen LogP contribution < -0.4 is 10.1 Å². The molecular weight excluding hydrogens is 476 g/mol. The summed E-state index contributed by atoms with van der Waals surface area (Å²) >= 11 is 0. The molecule has 0 unspecified atom stereocenters. The highest BCUT2D eigenvalue weighted by Crippen LogP contribution is 2.30. The van der Waals surface area contributed by atoms with E-state index < -0.39 is 41.7 Å². The van der Waals surface area contributed by atoms with Gasteiger partial charge >= 0.3 is 12.1 Å². The highest BCUT2D eigenvalue weighted by Gasteiger charge is 2.40. The fourth-order valence-electron chi connectivity index (χ4n) is 3.53. The second-order valence-electron chi connectivity index (χ2n) is 7.73. The molecule has 0 radical (unpaired) electrons. The number of nitrogens with zero attached hydrogens (tertiary/aromatic N) is 2. The van der Waals surface area contributed by atoms with Gasteiger partial charge in [-0.25, -0.2) is 17.9 Å². The number of aromatic nitrogens is 2. The van der Waals surface area contributed by atoms with Crippen LogP contribution >= 0.6 is 0 Å². The first-order valence-electron chi connectivity index (χ1n) is 10.3. The maximum atomic E-state index is 13.9. The fraction of sp³-hybridized carbons (Fsp3) is 0.167. The van der Waals surface area contributed by atoms with Crippen molar-refractivity contribution in [3.8, 4) is 11.4 Å². The molecule has 0 saturated heterocycles. The smallest absolute Gasteiger partial charge is 0.471 e. The van der Waals surface area contributed by atoms with Gasteiger partial charge in [0.1, 0.15) is 17.7 Å². The third kappa shape index (κ3) is 5.23. The number of hydrogen-bond donors (Lipinski definition) is 1. The second-order valence-corrected chi connectivity index (χ2v) is 7.73. The van der Waals surface area contributed by atoms with Crippen molar-refractivity contribution < 1.29 is 35.9 Å². The van der Waals surface area contributed by atoms with Crippen LogP contribution in [0.25, 0.3) is 16.6 Å². The van der Waals surface area contributed by atoms with E-state index in [1.54, 1.807) is 22.1 Å².